The zero-order valence-electron chi connectivity index (χ0n) is 17.0. The third-order valence-corrected chi connectivity index (χ3v) is 5.08. The molecule has 0 bridgehead atoms. The summed E-state index contributed by atoms with van der Waals surface area (Å²) in [5.74, 6) is -0.704. The predicted molar refractivity (Wildman–Crippen MR) is 108 cm³/mol. The Morgan fingerprint density at radius 2 is 1.86 bits per heavy atom. The maximum absolute atomic E-state index is 12.7. The van der Waals surface area contributed by atoms with E-state index in [-0.39, 0.29) is 18.4 Å². The van der Waals surface area contributed by atoms with Gasteiger partial charge in [-0.05, 0) is 32.9 Å². The van der Waals surface area contributed by atoms with Crippen LogP contribution in [-0.2, 0) is 16.5 Å². The van der Waals surface area contributed by atoms with Crippen LogP contribution in [-0.4, -0.2) is 41.2 Å². The maximum Gasteiger partial charge on any atom is 0.340 e. The minimum Gasteiger partial charge on any atom is -0.454 e. The van der Waals surface area contributed by atoms with Crippen molar-refractivity contribution in [1.29, 1.82) is 0 Å². The zero-order valence-corrected chi connectivity index (χ0v) is 17.0. The lowest BCUT2D eigenvalue weighted by Crippen LogP contribution is -2.17. The first-order valence-electron chi connectivity index (χ1n) is 9.26. The number of nitrogens with zero attached hydrogens (tertiary/aromatic N) is 2. The number of benzene rings is 1. The number of aromatic nitrogens is 2. The number of hydrogen-bond donors (Lipinski definition) is 0. The lowest BCUT2D eigenvalue weighted by molar-refractivity contribution is 0.0476. The number of methoxy groups -OCH3 is 1. The highest BCUT2D eigenvalue weighted by Gasteiger charge is 2.21. The number of fused-ring (bicyclic) bond motifs is 1. The predicted octanol–water partition coefficient (Wildman–Crippen LogP) is 3.84. The van der Waals surface area contributed by atoms with E-state index in [0.717, 1.165) is 22.3 Å². The molecule has 6 nitrogen and oxygen atoms in total. The molecule has 0 amide bonds. The average Bonchev–Trinajstić information content (AvgIpc) is 3.16. The summed E-state index contributed by atoms with van der Waals surface area (Å²) in [4.78, 5) is 25.2. The van der Waals surface area contributed by atoms with Crippen LogP contribution in [0.1, 0.15) is 45.1 Å². The van der Waals surface area contributed by atoms with Gasteiger partial charge < -0.3 is 18.6 Å². The van der Waals surface area contributed by atoms with Crippen molar-refractivity contribution in [2.75, 3.05) is 20.3 Å². The lowest BCUT2D eigenvalue weighted by atomic mass is 10.1. The Kier molecular flexibility index (Phi) is 5.70. The van der Waals surface area contributed by atoms with Gasteiger partial charge in [0, 0.05) is 48.2 Å². The second-order valence-corrected chi connectivity index (χ2v) is 7.13. The van der Waals surface area contributed by atoms with E-state index in [0.29, 0.717) is 17.7 Å². The molecule has 0 aliphatic rings. The third-order valence-electron chi connectivity index (χ3n) is 5.08. The molecule has 0 aliphatic heterocycles. The molecular formula is C22H26N2O4. The van der Waals surface area contributed by atoms with Gasteiger partial charge in [0.2, 0.25) is 5.78 Å². The molecule has 0 radical (unpaired) electrons. The standard InChI is InChI=1S/C22H26N2O4/c1-14-10-18(16(3)24(14)15(2)12-27-5)21(25)13-28-22(26)19-11-23(4)20-9-7-6-8-17(19)20/h6-11,15H,12-13H2,1-5H3. The fourth-order valence-electron chi connectivity index (χ4n) is 3.84. The summed E-state index contributed by atoms with van der Waals surface area (Å²) in [7, 11) is 3.53. The largest absolute Gasteiger partial charge is 0.454 e. The number of Topliss-reactive ketones (excluding diaryl/α,β-unsaturated/α-hetero) is 1. The normalized spacial score (nSPS) is 12.3. The Bertz CT molecular complexity index is 1030. The average molecular weight is 382 g/mol. The van der Waals surface area contributed by atoms with E-state index in [1.54, 1.807) is 13.3 Å². The van der Waals surface area contributed by atoms with Gasteiger partial charge in [0.05, 0.1) is 18.2 Å². The van der Waals surface area contributed by atoms with Gasteiger partial charge in [0.25, 0.3) is 0 Å². The number of aryl methyl sites for hydroxylation is 2. The highest BCUT2D eigenvalue weighted by Crippen LogP contribution is 2.23. The highest BCUT2D eigenvalue weighted by molar-refractivity contribution is 6.06. The highest BCUT2D eigenvalue weighted by atomic mass is 16.5. The Labute approximate surface area is 164 Å². The Hall–Kier alpha value is -2.86. The van der Waals surface area contributed by atoms with Gasteiger partial charge in [0.1, 0.15) is 0 Å². The van der Waals surface area contributed by atoms with Crippen LogP contribution < -0.4 is 0 Å². The van der Waals surface area contributed by atoms with E-state index in [2.05, 4.69) is 4.57 Å². The maximum atomic E-state index is 12.7. The number of ketones is 1. The van der Waals surface area contributed by atoms with Crippen molar-refractivity contribution >= 4 is 22.7 Å². The quantitative estimate of drug-likeness (QED) is 0.460. The molecule has 0 fully saturated rings. The molecule has 28 heavy (non-hydrogen) atoms. The van der Waals surface area contributed by atoms with Gasteiger partial charge in [-0.25, -0.2) is 4.79 Å². The fourth-order valence-corrected chi connectivity index (χ4v) is 3.84. The number of para-hydroxylation sites is 1. The summed E-state index contributed by atoms with van der Waals surface area (Å²) in [6.45, 7) is 6.17. The second kappa shape index (κ2) is 8.02. The third kappa shape index (κ3) is 3.60. The van der Waals surface area contributed by atoms with Crippen molar-refractivity contribution in [3.63, 3.8) is 0 Å². The van der Waals surface area contributed by atoms with Crippen molar-refractivity contribution in [3.05, 3.63) is 59.0 Å². The summed E-state index contributed by atoms with van der Waals surface area (Å²) in [6.07, 6.45) is 1.73. The molecule has 1 unspecified atom stereocenters. The van der Waals surface area contributed by atoms with E-state index < -0.39 is 5.97 Å². The van der Waals surface area contributed by atoms with E-state index in [4.69, 9.17) is 9.47 Å². The number of rotatable bonds is 7. The van der Waals surface area contributed by atoms with Crippen molar-refractivity contribution in [3.8, 4) is 0 Å². The number of esters is 1. The topological polar surface area (TPSA) is 62.5 Å². The number of carbonyl (C=O) groups is 2. The monoisotopic (exact) mass is 382 g/mol. The van der Waals surface area contributed by atoms with Crippen LogP contribution in [0.5, 0.6) is 0 Å². The molecule has 0 N–H and O–H groups in total. The first-order chi connectivity index (χ1) is 13.3. The molecule has 1 aromatic carbocycles. The van der Waals surface area contributed by atoms with Gasteiger partial charge >= 0.3 is 5.97 Å². The van der Waals surface area contributed by atoms with E-state index in [1.807, 2.05) is 62.7 Å². The Morgan fingerprint density at radius 1 is 1.14 bits per heavy atom. The molecule has 6 heteroatoms. The van der Waals surface area contributed by atoms with Crippen molar-refractivity contribution in [1.82, 2.24) is 9.13 Å². The molecule has 3 aromatic rings. The van der Waals surface area contributed by atoms with E-state index >= 15 is 0 Å². The Morgan fingerprint density at radius 3 is 2.57 bits per heavy atom. The molecule has 3 rings (SSSR count). The molecule has 0 aliphatic carbocycles. The smallest absolute Gasteiger partial charge is 0.340 e. The van der Waals surface area contributed by atoms with Crippen LogP contribution >= 0.6 is 0 Å². The van der Waals surface area contributed by atoms with Crippen LogP contribution in [0.15, 0.2) is 36.5 Å². The molecule has 148 valence electrons. The molecular weight excluding hydrogens is 356 g/mol. The van der Waals surface area contributed by atoms with Crippen LogP contribution in [0.2, 0.25) is 0 Å². The molecule has 1 atom stereocenters. The zero-order chi connectivity index (χ0) is 20.4. The van der Waals surface area contributed by atoms with Crippen LogP contribution in [0.3, 0.4) is 0 Å². The van der Waals surface area contributed by atoms with Crippen LogP contribution in [0.25, 0.3) is 10.9 Å². The first-order valence-corrected chi connectivity index (χ1v) is 9.26. The summed E-state index contributed by atoms with van der Waals surface area (Å²) in [6, 6.07) is 9.56. The minimum atomic E-state index is -0.494. The van der Waals surface area contributed by atoms with Gasteiger partial charge in [-0.3, -0.25) is 4.79 Å². The molecule has 2 aromatic heterocycles. The fraction of sp³-hybridized carbons (Fsp3) is 0.364. The summed E-state index contributed by atoms with van der Waals surface area (Å²) >= 11 is 0. The summed E-state index contributed by atoms with van der Waals surface area (Å²) in [5.41, 5.74) is 3.81. The number of ether oxygens (including phenoxy) is 2. The molecule has 0 saturated carbocycles. The van der Waals surface area contributed by atoms with Crippen molar-refractivity contribution in [2.24, 2.45) is 7.05 Å². The van der Waals surface area contributed by atoms with Crippen molar-refractivity contribution in [2.45, 2.75) is 26.8 Å². The Balaban J connectivity index is 1.75. The van der Waals surface area contributed by atoms with Crippen LogP contribution in [0, 0.1) is 13.8 Å². The van der Waals surface area contributed by atoms with Crippen molar-refractivity contribution < 1.29 is 19.1 Å². The molecule has 0 spiro atoms. The van der Waals surface area contributed by atoms with Crippen LogP contribution in [0.4, 0.5) is 0 Å². The number of hydrogen-bond acceptors (Lipinski definition) is 4. The molecule has 2 heterocycles. The van der Waals surface area contributed by atoms with Gasteiger partial charge in [0.15, 0.2) is 6.61 Å². The number of carbonyl (C=O) groups excluding carboxylic acids is 2. The summed E-state index contributed by atoms with van der Waals surface area (Å²) in [5, 5.41) is 0.814. The lowest BCUT2D eigenvalue weighted by Gasteiger charge is -2.17. The van der Waals surface area contributed by atoms with Gasteiger partial charge in [-0.2, -0.15) is 0 Å². The SMILES string of the molecule is COCC(C)n1c(C)cc(C(=O)COC(=O)c2cn(C)c3ccccc23)c1C. The molecule has 0 saturated heterocycles. The van der Waals surface area contributed by atoms with Gasteiger partial charge in [-0.1, -0.05) is 18.2 Å². The van der Waals surface area contributed by atoms with E-state index in [1.165, 1.54) is 0 Å². The first kappa shape index (κ1) is 19.9. The minimum absolute atomic E-state index is 0.116. The summed E-state index contributed by atoms with van der Waals surface area (Å²) < 4.78 is 14.5. The van der Waals surface area contributed by atoms with Gasteiger partial charge in [-0.15, -0.1) is 0 Å². The van der Waals surface area contributed by atoms with E-state index in [9.17, 15) is 9.59 Å². The second-order valence-electron chi connectivity index (χ2n) is 7.13.